The molecule has 0 radical (unpaired) electrons. The summed E-state index contributed by atoms with van der Waals surface area (Å²) in [5.74, 6) is 0.166. The number of benzene rings is 1. The largest absolute Gasteiger partial charge is 0.493 e. The van der Waals surface area contributed by atoms with Crippen molar-refractivity contribution in [3.63, 3.8) is 0 Å². The maximum absolute atomic E-state index is 13.1. The lowest BCUT2D eigenvalue weighted by molar-refractivity contribution is 0.255. The standard InChI is InChI=1S/C11H16BFO3/c1-3-8(2)7-16-11-5-9(12(14)15)4-10(13)6-11/h4-6,8,14-15H,3,7H2,1-2H3. The molecule has 2 N–H and O–H groups in total. The van der Waals surface area contributed by atoms with Gasteiger partial charge in [0.05, 0.1) is 6.61 Å². The van der Waals surface area contributed by atoms with Gasteiger partial charge in [-0.1, -0.05) is 20.3 Å². The van der Waals surface area contributed by atoms with Crippen molar-refractivity contribution in [2.24, 2.45) is 5.92 Å². The quantitative estimate of drug-likeness (QED) is 0.734. The van der Waals surface area contributed by atoms with Gasteiger partial charge in [-0.2, -0.15) is 0 Å². The zero-order chi connectivity index (χ0) is 12.1. The van der Waals surface area contributed by atoms with E-state index in [1.165, 1.54) is 12.1 Å². The normalized spacial score (nSPS) is 12.3. The minimum absolute atomic E-state index is 0.0964. The van der Waals surface area contributed by atoms with E-state index in [-0.39, 0.29) is 5.46 Å². The molecular weight excluding hydrogens is 210 g/mol. The van der Waals surface area contributed by atoms with Gasteiger partial charge in [-0.05, 0) is 23.5 Å². The van der Waals surface area contributed by atoms with Gasteiger partial charge in [0.2, 0.25) is 0 Å². The van der Waals surface area contributed by atoms with Crippen molar-refractivity contribution in [2.75, 3.05) is 6.61 Å². The Morgan fingerprint density at radius 1 is 1.38 bits per heavy atom. The van der Waals surface area contributed by atoms with Crippen molar-refractivity contribution in [1.82, 2.24) is 0 Å². The third-order valence-electron chi connectivity index (χ3n) is 2.42. The van der Waals surface area contributed by atoms with E-state index in [2.05, 4.69) is 0 Å². The zero-order valence-corrected chi connectivity index (χ0v) is 9.48. The summed E-state index contributed by atoms with van der Waals surface area (Å²) in [5.41, 5.74) is 0.0964. The van der Waals surface area contributed by atoms with Gasteiger partial charge < -0.3 is 14.8 Å². The first-order chi connectivity index (χ1) is 7.52. The first kappa shape index (κ1) is 13.0. The van der Waals surface area contributed by atoms with Crippen LogP contribution in [0.5, 0.6) is 5.75 Å². The topological polar surface area (TPSA) is 49.7 Å². The molecule has 1 aromatic carbocycles. The van der Waals surface area contributed by atoms with Crippen LogP contribution in [-0.4, -0.2) is 23.8 Å². The van der Waals surface area contributed by atoms with Crippen molar-refractivity contribution in [3.8, 4) is 5.75 Å². The molecule has 0 spiro atoms. The highest BCUT2D eigenvalue weighted by Crippen LogP contribution is 2.13. The minimum atomic E-state index is -1.68. The molecule has 0 amide bonds. The van der Waals surface area contributed by atoms with Crippen molar-refractivity contribution in [2.45, 2.75) is 20.3 Å². The molecule has 0 bridgehead atoms. The van der Waals surface area contributed by atoms with Gasteiger partial charge in [-0.3, -0.25) is 0 Å². The Kier molecular flexibility index (Phi) is 4.77. The predicted molar refractivity (Wildman–Crippen MR) is 61.2 cm³/mol. The number of hydrogen-bond donors (Lipinski definition) is 2. The molecule has 1 atom stereocenters. The van der Waals surface area contributed by atoms with E-state index in [1.54, 1.807) is 0 Å². The second-order valence-corrected chi connectivity index (χ2v) is 3.92. The molecule has 0 heterocycles. The molecule has 16 heavy (non-hydrogen) atoms. The van der Waals surface area contributed by atoms with Gasteiger partial charge in [0.25, 0.3) is 0 Å². The molecule has 0 aliphatic rings. The van der Waals surface area contributed by atoms with E-state index in [0.717, 1.165) is 12.5 Å². The lowest BCUT2D eigenvalue weighted by atomic mass is 9.80. The SMILES string of the molecule is CCC(C)COc1cc(F)cc(B(O)O)c1. The van der Waals surface area contributed by atoms with Crippen molar-refractivity contribution in [3.05, 3.63) is 24.0 Å². The van der Waals surface area contributed by atoms with Crippen LogP contribution >= 0.6 is 0 Å². The Morgan fingerprint density at radius 2 is 2.06 bits per heavy atom. The fourth-order valence-corrected chi connectivity index (χ4v) is 1.17. The highest BCUT2D eigenvalue weighted by molar-refractivity contribution is 6.58. The van der Waals surface area contributed by atoms with E-state index in [9.17, 15) is 4.39 Å². The Morgan fingerprint density at radius 3 is 2.62 bits per heavy atom. The van der Waals surface area contributed by atoms with E-state index >= 15 is 0 Å². The summed E-state index contributed by atoms with van der Waals surface area (Å²) >= 11 is 0. The highest BCUT2D eigenvalue weighted by Gasteiger charge is 2.14. The van der Waals surface area contributed by atoms with Gasteiger partial charge in [0.15, 0.2) is 0 Å². The second kappa shape index (κ2) is 5.87. The number of hydrogen-bond acceptors (Lipinski definition) is 3. The molecule has 88 valence electrons. The van der Waals surface area contributed by atoms with E-state index in [0.29, 0.717) is 18.3 Å². The summed E-state index contributed by atoms with van der Waals surface area (Å²) in [6, 6.07) is 3.73. The smallest absolute Gasteiger partial charge is 0.488 e. The van der Waals surface area contributed by atoms with Crippen LogP contribution in [0.2, 0.25) is 0 Å². The Balaban J connectivity index is 2.72. The van der Waals surface area contributed by atoms with E-state index in [4.69, 9.17) is 14.8 Å². The van der Waals surface area contributed by atoms with Crippen molar-refractivity contribution in [1.29, 1.82) is 0 Å². The fraction of sp³-hybridized carbons (Fsp3) is 0.455. The molecular formula is C11H16BFO3. The van der Waals surface area contributed by atoms with Crippen LogP contribution in [0.15, 0.2) is 18.2 Å². The highest BCUT2D eigenvalue weighted by atomic mass is 19.1. The van der Waals surface area contributed by atoms with E-state index < -0.39 is 12.9 Å². The summed E-state index contributed by atoms with van der Waals surface area (Å²) in [5, 5.41) is 17.9. The molecule has 0 fully saturated rings. The summed E-state index contributed by atoms with van der Waals surface area (Å²) in [4.78, 5) is 0. The average Bonchev–Trinajstić information content (AvgIpc) is 2.25. The van der Waals surface area contributed by atoms with Crippen molar-refractivity contribution >= 4 is 12.6 Å². The molecule has 0 saturated carbocycles. The molecule has 5 heteroatoms. The molecule has 0 saturated heterocycles. The van der Waals surface area contributed by atoms with Crippen LogP contribution in [0, 0.1) is 11.7 Å². The molecule has 0 aliphatic heterocycles. The number of halogens is 1. The molecule has 0 aliphatic carbocycles. The molecule has 1 aromatic rings. The first-order valence-electron chi connectivity index (χ1n) is 5.32. The maximum atomic E-state index is 13.1. The Hall–Kier alpha value is -1.07. The van der Waals surface area contributed by atoms with Gasteiger partial charge in [0, 0.05) is 6.07 Å². The van der Waals surface area contributed by atoms with Gasteiger partial charge >= 0.3 is 7.12 Å². The first-order valence-corrected chi connectivity index (χ1v) is 5.32. The van der Waals surface area contributed by atoms with Gasteiger partial charge in [0.1, 0.15) is 11.6 Å². The monoisotopic (exact) mass is 226 g/mol. The summed E-state index contributed by atoms with van der Waals surface area (Å²) in [6.45, 7) is 4.56. The van der Waals surface area contributed by atoms with Crippen LogP contribution in [0.25, 0.3) is 0 Å². The lowest BCUT2D eigenvalue weighted by Gasteiger charge is -2.12. The van der Waals surface area contributed by atoms with E-state index in [1.807, 2.05) is 13.8 Å². The Labute approximate surface area is 95.0 Å². The van der Waals surface area contributed by atoms with Crippen LogP contribution in [-0.2, 0) is 0 Å². The lowest BCUT2D eigenvalue weighted by Crippen LogP contribution is -2.30. The second-order valence-electron chi connectivity index (χ2n) is 3.92. The molecule has 1 unspecified atom stereocenters. The Bertz CT molecular complexity index is 344. The van der Waals surface area contributed by atoms with Crippen LogP contribution < -0.4 is 10.2 Å². The van der Waals surface area contributed by atoms with Crippen LogP contribution in [0.1, 0.15) is 20.3 Å². The summed E-state index contributed by atoms with van der Waals surface area (Å²) < 4.78 is 18.5. The zero-order valence-electron chi connectivity index (χ0n) is 9.48. The summed E-state index contributed by atoms with van der Waals surface area (Å²) in [6.07, 6.45) is 0.977. The predicted octanol–water partition coefficient (Wildman–Crippen LogP) is 0.930. The van der Waals surface area contributed by atoms with Crippen LogP contribution in [0.4, 0.5) is 4.39 Å². The number of rotatable bonds is 5. The van der Waals surface area contributed by atoms with Gasteiger partial charge in [-0.25, -0.2) is 4.39 Å². The summed E-state index contributed by atoms with van der Waals surface area (Å²) in [7, 11) is -1.68. The van der Waals surface area contributed by atoms with Gasteiger partial charge in [-0.15, -0.1) is 0 Å². The molecule has 0 aromatic heterocycles. The van der Waals surface area contributed by atoms with Crippen LogP contribution in [0.3, 0.4) is 0 Å². The molecule has 1 rings (SSSR count). The van der Waals surface area contributed by atoms with Crippen molar-refractivity contribution < 1.29 is 19.2 Å². The fourth-order valence-electron chi connectivity index (χ4n) is 1.17. The third kappa shape index (κ3) is 3.83. The minimum Gasteiger partial charge on any atom is -0.493 e. The average molecular weight is 226 g/mol. The molecule has 3 nitrogen and oxygen atoms in total. The maximum Gasteiger partial charge on any atom is 0.488 e. The third-order valence-corrected chi connectivity index (χ3v) is 2.42. The number of ether oxygens (including phenoxy) is 1.